The standard InChI is InChI=1S/C11H17NO.2C2H6.H2/c1-2-4-10-5-3-6-11(9-10)13-8-7-12;2*1-2;/h3,5-6,9H,2,4,7-8,12H2,1H3;2*1-2H3;1H. The number of benzene rings is 1. The predicted molar refractivity (Wildman–Crippen MR) is 79.8 cm³/mol. The van der Waals surface area contributed by atoms with Gasteiger partial charge in [-0.05, 0) is 24.1 Å². The molecule has 0 unspecified atom stereocenters. The van der Waals surface area contributed by atoms with Gasteiger partial charge in [0, 0.05) is 7.97 Å². The van der Waals surface area contributed by atoms with Crippen LogP contribution in [-0.2, 0) is 6.42 Å². The van der Waals surface area contributed by atoms with Crippen molar-refractivity contribution in [3.8, 4) is 5.75 Å². The molecule has 0 atom stereocenters. The van der Waals surface area contributed by atoms with E-state index >= 15 is 0 Å². The molecule has 0 aromatic heterocycles. The Morgan fingerprint density at radius 3 is 2.35 bits per heavy atom. The molecular weight excluding hydrogens is 210 g/mol. The lowest BCUT2D eigenvalue weighted by atomic mass is 10.1. The van der Waals surface area contributed by atoms with E-state index in [4.69, 9.17) is 10.5 Å². The van der Waals surface area contributed by atoms with Gasteiger partial charge in [0.1, 0.15) is 12.4 Å². The normalized spacial score (nSPS) is 8.35. The van der Waals surface area contributed by atoms with Crippen LogP contribution in [0.5, 0.6) is 5.75 Å². The third kappa shape index (κ3) is 9.88. The average Bonchev–Trinajstić information content (AvgIpc) is 2.42. The molecule has 0 spiro atoms. The highest BCUT2D eigenvalue weighted by molar-refractivity contribution is 5.28. The van der Waals surface area contributed by atoms with Crippen molar-refractivity contribution in [1.29, 1.82) is 0 Å². The van der Waals surface area contributed by atoms with Gasteiger partial charge in [-0.1, -0.05) is 53.2 Å². The number of nitrogens with two attached hydrogens (primary N) is 1. The Kier molecular flexibility index (Phi) is 16.2. The maximum absolute atomic E-state index is 5.42. The van der Waals surface area contributed by atoms with Crippen LogP contribution in [0.25, 0.3) is 0 Å². The van der Waals surface area contributed by atoms with Crippen LogP contribution in [0.15, 0.2) is 24.3 Å². The Morgan fingerprint density at radius 1 is 1.18 bits per heavy atom. The second kappa shape index (κ2) is 15.0. The molecule has 0 saturated carbocycles. The summed E-state index contributed by atoms with van der Waals surface area (Å²) in [5.74, 6) is 0.927. The molecule has 17 heavy (non-hydrogen) atoms. The molecule has 0 fully saturated rings. The number of hydrogen-bond acceptors (Lipinski definition) is 2. The Balaban J connectivity index is -0.000000409. The monoisotopic (exact) mass is 241 g/mol. The van der Waals surface area contributed by atoms with Crippen molar-refractivity contribution in [3.05, 3.63) is 29.8 Å². The lowest BCUT2D eigenvalue weighted by molar-refractivity contribution is 0.328. The minimum absolute atomic E-state index is 0. The topological polar surface area (TPSA) is 35.2 Å². The van der Waals surface area contributed by atoms with E-state index in [1.165, 1.54) is 12.0 Å². The van der Waals surface area contributed by atoms with Crippen molar-refractivity contribution >= 4 is 0 Å². The maximum atomic E-state index is 5.42. The van der Waals surface area contributed by atoms with E-state index in [2.05, 4.69) is 19.1 Å². The van der Waals surface area contributed by atoms with Crippen LogP contribution in [-0.4, -0.2) is 13.2 Å². The molecule has 0 amide bonds. The fourth-order valence-corrected chi connectivity index (χ4v) is 1.26. The second-order valence-corrected chi connectivity index (χ2v) is 3.03. The summed E-state index contributed by atoms with van der Waals surface area (Å²) in [5, 5.41) is 0. The highest BCUT2D eigenvalue weighted by Gasteiger charge is 1.94. The molecule has 0 aliphatic carbocycles. The predicted octanol–water partition coefficient (Wildman–Crippen LogP) is 4.28. The summed E-state index contributed by atoms with van der Waals surface area (Å²) in [5.41, 5.74) is 6.68. The summed E-state index contributed by atoms with van der Waals surface area (Å²) in [6.07, 6.45) is 2.28. The van der Waals surface area contributed by atoms with E-state index in [1.54, 1.807) is 0 Å². The first-order valence-electron chi connectivity index (χ1n) is 6.78. The minimum atomic E-state index is 0. The SMILES string of the molecule is CC.CC.CCCc1cccc(OCCN)c1.[HH]. The summed E-state index contributed by atoms with van der Waals surface area (Å²) in [4.78, 5) is 0. The lowest BCUT2D eigenvalue weighted by Crippen LogP contribution is -2.10. The Labute approximate surface area is 109 Å². The maximum Gasteiger partial charge on any atom is 0.119 e. The molecule has 2 N–H and O–H groups in total. The first-order valence-corrected chi connectivity index (χ1v) is 6.78. The van der Waals surface area contributed by atoms with Gasteiger partial charge >= 0.3 is 0 Å². The van der Waals surface area contributed by atoms with Gasteiger partial charge in [0.25, 0.3) is 0 Å². The molecule has 0 aliphatic heterocycles. The van der Waals surface area contributed by atoms with Crippen LogP contribution in [0.1, 0.15) is 48.0 Å². The molecule has 1 aromatic carbocycles. The Morgan fingerprint density at radius 2 is 1.82 bits per heavy atom. The van der Waals surface area contributed by atoms with Crippen LogP contribution < -0.4 is 10.5 Å². The number of hydrogen-bond donors (Lipinski definition) is 1. The molecule has 0 radical (unpaired) electrons. The first-order chi connectivity index (χ1) is 8.36. The van der Waals surface area contributed by atoms with Crippen molar-refractivity contribution in [3.63, 3.8) is 0 Å². The van der Waals surface area contributed by atoms with Crippen molar-refractivity contribution in [2.75, 3.05) is 13.2 Å². The zero-order valence-electron chi connectivity index (χ0n) is 12.1. The van der Waals surface area contributed by atoms with Crippen LogP contribution in [0.4, 0.5) is 0 Å². The van der Waals surface area contributed by atoms with Crippen molar-refractivity contribution in [2.45, 2.75) is 47.5 Å². The van der Waals surface area contributed by atoms with Crippen molar-refractivity contribution < 1.29 is 6.16 Å². The molecule has 102 valence electrons. The van der Waals surface area contributed by atoms with Crippen LogP contribution in [0.2, 0.25) is 0 Å². The van der Waals surface area contributed by atoms with E-state index in [0.29, 0.717) is 13.2 Å². The van der Waals surface area contributed by atoms with Gasteiger partial charge in [0.2, 0.25) is 0 Å². The fourth-order valence-electron chi connectivity index (χ4n) is 1.26. The van der Waals surface area contributed by atoms with E-state index < -0.39 is 0 Å². The third-order valence-corrected chi connectivity index (χ3v) is 1.82. The fraction of sp³-hybridized carbons (Fsp3) is 0.600. The lowest BCUT2D eigenvalue weighted by Gasteiger charge is -2.05. The van der Waals surface area contributed by atoms with Crippen molar-refractivity contribution in [2.24, 2.45) is 5.73 Å². The first kappa shape index (κ1) is 18.3. The highest BCUT2D eigenvalue weighted by atomic mass is 16.5. The van der Waals surface area contributed by atoms with Crippen LogP contribution in [0, 0.1) is 0 Å². The zero-order valence-corrected chi connectivity index (χ0v) is 12.1. The van der Waals surface area contributed by atoms with E-state index in [-0.39, 0.29) is 1.43 Å². The third-order valence-electron chi connectivity index (χ3n) is 1.82. The molecule has 0 bridgehead atoms. The smallest absolute Gasteiger partial charge is 0.119 e. The summed E-state index contributed by atoms with van der Waals surface area (Å²) in [6.45, 7) is 11.3. The van der Waals surface area contributed by atoms with E-state index in [9.17, 15) is 0 Å². The minimum Gasteiger partial charge on any atom is -0.492 e. The molecule has 0 heterocycles. The number of ether oxygens (including phenoxy) is 1. The number of aryl methyl sites for hydroxylation is 1. The van der Waals surface area contributed by atoms with Gasteiger partial charge in [-0.25, -0.2) is 0 Å². The zero-order chi connectivity index (χ0) is 13.5. The molecular formula is C15H31NO. The van der Waals surface area contributed by atoms with Gasteiger partial charge in [-0.2, -0.15) is 0 Å². The van der Waals surface area contributed by atoms with Gasteiger partial charge in [0.05, 0.1) is 0 Å². The van der Waals surface area contributed by atoms with Crippen LogP contribution >= 0.6 is 0 Å². The van der Waals surface area contributed by atoms with Crippen molar-refractivity contribution in [1.82, 2.24) is 0 Å². The van der Waals surface area contributed by atoms with E-state index in [0.717, 1.165) is 12.2 Å². The summed E-state index contributed by atoms with van der Waals surface area (Å²) >= 11 is 0. The second-order valence-electron chi connectivity index (χ2n) is 3.03. The molecule has 1 rings (SSSR count). The van der Waals surface area contributed by atoms with Crippen LogP contribution in [0.3, 0.4) is 0 Å². The average molecular weight is 241 g/mol. The highest BCUT2D eigenvalue weighted by Crippen LogP contribution is 2.14. The summed E-state index contributed by atoms with van der Waals surface area (Å²) in [6, 6.07) is 8.20. The summed E-state index contributed by atoms with van der Waals surface area (Å²) in [7, 11) is 0. The summed E-state index contributed by atoms with van der Waals surface area (Å²) < 4.78 is 5.42. The van der Waals surface area contributed by atoms with Gasteiger partial charge < -0.3 is 10.5 Å². The number of rotatable bonds is 5. The van der Waals surface area contributed by atoms with Gasteiger partial charge in [-0.3, -0.25) is 0 Å². The molecule has 2 heteroatoms. The molecule has 1 aromatic rings. The Hall–Kier alpha value is -1.02. The molecule has 0 aliphatic rings. The van der Waals surface area contributed by atoms with Gasteiger partial charge in [0.15, 0.2) is 0 Å². The largest absolute Gasteiger partial charge is 0.492 e. The van der Waals surface area contributed by atoms with E-state index in [1.807, 2.05) is 39.8 Å². The molecule has 2 nitrogen and oxygen atoms in total. The Bertz CT molecular complexity index is 254. The van der Waals surface area contributed by atoms with Gasteiger partial charge in [-0.15, -0.1) is 0 Å². The quantitative estimate of drug-likeness (QED) is 0.835. The molecule has 0 saturated heterocycles.